The fourth-order valence-corrected chi connectivity index (χ4v) is 14.3. The molecule has 0 bridgehead atoms. The molecule has 12 amide bonds. The van der Waals surface area contributed by atoms with Crippen molar-refractivity contribution >= 4 is 82.8 Å². The van der Waals surface area contributed by atoms with Gasteiger partial charge >= 0.3 is 11.9 Å². The molecule has 0 spiro atoms. The Bertz CT molecular complexity index is 3870. The van der Waals surface area contributed by atoms with Gasteiger partial charge in [0, 0.05) is 58.1 Å². The zero-order chi connectivity index (χ0) is 76.1. The summed E-state index contributed by atoms with van der Waals surface area (Å²) >= 11 is 0. The number of carbonyl (C=O) groups excluding carboxylic acids is 12. The molecule has 4 saturated heterocycles. The fourth-order valence-electron chi connectivity index (χ4n) is 14.3. The fraction of sp³-hybridized carbons (Fsp3) is 0.481. The number of amides is 12. The van der Waals surface area contributed by atoms with E-state index in [2.05, 4.69) is 47.9 Å². The summed E-state index contributed by atoms with van der Waals surface area (Å²) in [6.07, 6.45) is 2.18. The van der Waals surface area contributed by atoms with Crippen molar-refractivity contribution < 1.29 is 77.3 Å². The summed E-state index contributed by atoms with van der Waals surface area (Å²) in [4.78, 5) is 207. The summed E-state index contributed by atoms with van der Waals surface area (Å²) in [6, 6.07) is 20.2. The molecule has 5 aliphatic heterocycles. The summed E-state index contributed by atoms with van der Waals surface area (Å²) in [5.41, 5.74) is 1.91. The molecule has 0 saturated carbocycles. The molecule has 0 unspecified atom stereocenters. The Balaban J connectivity index is 1.09. The number of aliphatic carboxylic acids is 2. The zero-order valence-corrected chi connectivity index (χ0v) is 60.2. The molecule has 11 N–H and O–H groups in total. The maximum Gasteiger partial charge on any atom is 0.326 e. The first-order chi connectivity index (χ1) is 50.9. The van der Waals surface area contributed by atoms with Gasteiger partial charge in [0.2, 0.25) is 65.0 Å². The van der Waals surface area contributed by atoms with E-state index in [1.807, 2.05) is 13.8 Å². The third-order valence-electron chi connectivity index (χ3n) is 20.1. The lowest BCUT2D eigenvalue weighted by Gasteiger charge is -2.33. The summed E-state index contributed by atoms with van der Waals surface area (Å²) in [5, 5.41) is 44.0. The Hall–Kier alpha value is -11.0. The van der Waals surface area contributed by atoms with Crippen LogP contribution in [0.2, 0.25) is 0 Å². The van der Waals surface area contributed by atoms with Gasteiger partial charge in [-0.3, -0.25) is 62.3 Å². The van der Waals surface area contributed by atoms with E-state index in [9.17, 15) is 53.4 Å². The first-order valence-electron chi connectivity index (χ1n) is 36.6. The lowest BCUT2D eigenvalue weighted by Crippen LogP contribution is -2.59. The molecule has 12 atom stereocenters. The third-order valence-corrected chi connectivity index (χ3v) is 20.1. The Kier molecular flexibility index (Phi) is 28.1. The van der Waals surface area contributed by atoms with Crippen molar-refractivity contribution in [1.82, 2.24) is 67.5 Å². The van der Waals surface area contributed by atoms with Gasteiger partial charge in [-0.05, 0) is 91.9 Å². The smallest absolute Gasteiger partial charge is 0.326 e. The first-order valence-corrected chi connectivity index (χ1v) is 36.6. The highest BCUT2D eigenvalue weighted by atomic mass is 16.4. The van der Waals surface area contributed by atoms with E-state index in [-0.39, 0.29) is 103 Å². The number of nitrogens with one attached hydrogen (secondary N) is 9. The molecule has 0 radical (unpaired) electrons. The maximum absolute atomic E-state index is 15.8. The van der Waals surface area contributed by atoms with Crippen molar-refractivity contribution in [2.45, 2.75) is 190 Å². The van der Waals surface area contributed by atoms with Crippen LogP contribution in [0, 0.1) is 11.8 Å². The minimum absolute atomic E-state index is 0.0228. The number of fused-ring (bicyclic) bond motifs is 3. The molecule has 9 rings (SSSR count). The molecule has 4 fully saturated rings. The number of carbonyl (C=O) groups is 14. The van der Waals surface area contributed by atoms with Crippen molar-refractivity contribution in [3.05, 3.63) is 155 Å². The largest absolute Gasteiger partial charge is 0.481 e. The summed E-state index contributed by atoms with van der Waals surface area (Å²) in [7, 11) is 0. The number of nitrogens with zero attached hydrogens (tertiary/aromatic N) is 4. The number of hydrogen-bond donors (Lipinski definition) is 11. The second-order valence-corrected chi connectivity index (χ2v) is 28.3. The second kappa shape index (κ2) is 37.6. The van der Waals surface area contributed by atoms with Gasteiger partial charge in [-0.1, -0.05) is 155 Å². The van der Waals surface area contributed by atoms with E-state index < -0.39 is 174 Å². The van der Waals surface area contributed by atoms with Crippen molar-refractivity contribution in [2.75, 3.05) is 32.7 Å². The molecule has 0 aromatic heterocycles. The Labute approximate surface area is 615 Å². The average Bonchev–Trinajstić information content (AvgIpc) is 1.62. The monoisotopic (exact) mass is 1460 g/mol. The Morgan fingerprint density at radius 2 is 0.991 bits per heavy atom. The predicted molar refractivity (Wildman–Crippen MR) is 386 cm³/mol. The Morgan fingerprint density at radius 3 is 1.51 bits per heavy atom. The second-order valence-electron chi connectivity index (χ2n) is 28.3. The number of benzene rings is 4. The number of likely N-dealkylation sites (tertiary alicyclic amines) is 1. The maximum atomic E-state index is 15.8. The van der Waals surface area contributed by atoms with Crippen LogP contribution in [0.3, 0.4) is 0 Å². The van der Waals surface area contributed by atoms with Gasteiger partial charge in [-0.15, -0.1) is 0 Å². The van der Waals surface area contributed by atoms with Gasteiger partial charge < -0.3 is 77.7 Å². The number of carboxylic acid groups (broad SMARTS) is 2. The highest BCUT2D eigenvalue weighted by molar-refractivity contribution is 6.03. The standard InChI is InChI=1S/C77H97N13O16/c1-5-47(4)65(72(100)84-57(77(105)106)43-64(92)93)86-68(96)54(41-50-26-14-8-15-27-50)83-70(98)60-31-19-35-88(60)75(103)58-44-78-55(42-51-28-16-9-17-29-51)73(101)87-34-18-30-59(87)69(97)81-52(39-48-22-10-6-11-23-48)66(94)79-45-63(91)80-56(38-46(2)3)74(102)90-37-21-33-62(90)76(104)89-36-20-32-61(89)71(99)82-53(67(95)85-58)40-49-24-12-7-13-25-49/h6-17,22-29,44,46-47,52-57,59-62,65,78H,5,18-21,30-43,45H2,1-4H3,(H,79,94)(H,80,91)(H,81,97)(H,82,99)(H,83,98)(H,84,100)(H,85,95)(H,86,96)(H,92,93)(H,105,106)/t47-,52-,53-,54-,55-,56-,57-,59-,60-,61-,62-,65-/m0/s1. The predicted octanol–water partition coefficient (Wildman–Crippen LogP) is 1.53. The Morgan fingerprint density at radius 1 is 0.509 bits per heavy atom. The highest BCUT2D eigenvalue weighted by Gasteiger charge is 2.46. The molecule has 5 aliphatic rings. The molecule has 5 heterocycles. The van der Waals surface area contributed by atoms with E-state index in [4.69, 9.17) is 0 Å². The van der Waals surface area contributed by atoms with Gasteiger partial charge in [-0.25, -0.2) is 4.79 Å². The lowest BCUT2D eigenvalue weighted by atomic mass is 9.96. The molecular weight excluding hydrogens is 1360 g/mol. The van der Waals surface area contributed by atoms with Gasteiger partial charge in [-0.2, -0.15) is 0 Å². The zero-order valence-electron chi connectivity index (χ0n) is 60.2. The number of hydrogen-bond acceptors (Lipinski definition) is 15. The summed E-state index contributed by atoms with van der Waals surface area (Å²) in [5.74, 6) is -13.0. The van der Waals surface area contributed by atoms with Crippen molar-refractivity contribution in [3.8, 4) is 0 Å². The van der Waals surface area contributed by atoms with Crippen LogP contribution in [0.15, 0.2) is 133 Å². The minimum Gasteiger partial charge on any atom is -0.481 e. The minimum atomic E-state index is -1.85. The van der Waals surface area contributed by atoms with E-state index in [0.29, 0.717) is 41.5 Å². The van der Waals surface area contributed by atoms with E-state index in [1.54, 1.807) is 135 Å². The quantitative estimate of drug-likeness (QED) is 0.0531. The molecule has 566 valence electrons. The average molecular weight is 1460 g/mol. The normalized spacial score (nSPS) is 23.5. The third kappa shape index (κ3) is 21.1. The molecule has 0 aliphatic carbocycles. The molecule has 4 aromatic carbocycles. The van der Waals surface area contributed by atoms with Crippen LogP contribution in [0.25, 0.3) is 0 Å². The van der Waals surface area contributed by atoms with Crippen molar-refractivity contribution in [2.24, 2.45) is 11.8 Å². The molecule has 4 aromatic rings. The van der Waals surface area contributed by atoms with Crippen LogP contribution in [-0.4, -0.2) is 212 Å². The number of carboxylic acids is 2. The van der Waals surface area contributed by atoms with Gasteiger partial charge in [0.1, 0.15) is 72.2 Å². The van der Waals surface area contributed by atoms with Gasteiger partial charge in [0.05, 0.1) is 13.0 Å². The molecule has 29 heteroatoms. The van der Waals surface area contributed by atoms with Gasteiger partial charge in [0.15, 0.2) is 0 Å². The van der Waals surface area contributed by atoms with Crippen LogP contribution in [0.4, 0.5) is 0 Å². The molecule has 106 heavy (non-hydrogen) atoms. The van der Waals surface area contributed by atoms with E-state index >= 15 is 24.0 Å². The number of rotatable bonds is 22. The van der Waals surface area contributed by atoms with Crippen LogP contribution >= 0.6 is 0 Å². The van der Waals surface area contributed by atoms with Crippen LogP contribution in [0.1, 0.15) is 121 Å². The van der Waals surface area contributed by atoms with Crippen LogP contribution in [0.5, 0.6) is 0 Å². The lowest BCUT2D eigenvalue weighted by molar-refractivity contribution is -0.148. The van der Waals surface area contributed by atoms with Gasteiger partial charge in [0.25, 0.3) is 5.91 Å². The van der Waals surface area contributed by atoms with E-state index in [1.165, 1.54) is 19.6 Å². The SMILES string of the molecule is CC[C@H](C)[C@H](NC(=O)[C@H](Cc1ccccc1)NC(=O)[C@@H]1CCCN1C(=O)C1=CN[C@@H](Cc2ccccc2)C(=O)N2CCC[C@H]2C(=O)N[C@@H](Cc2ccccc2)C(=O)NCC(=O)N[C@@H](CC(C)C)C(=O)N2CCC[C@H]2C(=O)N2CCC[C@H]2C(=O)N[C@@H](Cc2ccccc2)C(=O)N1)C(=O)N[C@@H](CC(=O)O)C(=O)O. The molecule has 29 nitrogen and oxygen atoms in total. The first kappa shape index (κ1) is 79.1. The summed E-state index contributed by atoms with van der Waals surface area (Å²) < 4.78 is 0. The molecular formula is C77H97N13O16. The van der Waals surface area contributed by atoms with Crippen molar-refractivity contribution in [1.29, 1.82) is 0 Å². The topological polar surface area (TPSA) is 401 Å². The van der Waals surface area contributed by atoms with Crippen molar-refractivity contribution in [3.63, 3.8) is 0 Å². The van der Waals surface area contributed by atoms with Crippen LogP contribution in [-0.2, 0) is 92.8 Å². The van der Waals surface area contributed by atoms with E-state index in [0.717, 1.165) is 6.20 Å². The van der Waals surface area contributed by atoms with Crippen LogP contribution < -0.4 is 47.9 Å². The highest BCUT2D eigenvalue weighted by Crippen LogP contribution is 2.28. The summed E-state index contributed by atoms with van der Waals surface area (Å²) in [6.45, 7) is 6.73.